The van der Waals surface area contributed by atoms with Crippen LogP contribution in [0.3, 0.4) is 0 Å². The van der Waals surface area contributed by atoms with E-state index in [9.17, 15) is 48.2 Å². The number of benzene rings is 7. The molecule has 466 valence electrons. The lowest BCUT2D eigenvalue weighted by Crippen LogP contribution is -2.54. The van der Waals surface area contributed by atoms with Crippen molar-refractivity contribution in [3.8, 4) is 56.9 Å². The smallest absolute Gasteiger partial charge is 0.367 e. The molecular formula is C70H34F4N8O12S2. The van der Waals surface area contributed by atoms with E-state index in [2.05, 4.69) is 20.0 Å². The van der Waals surface area contributed by atoms with E-state index < -0.39 is 174 Å². The zero-order valence-corrected chi connectivity index (χ0v) is 50.3. The van der Waals surface area contributed by atoms with E-state index in [1.165, 1.54) is 0 Å². The first-order chi connectivity index (χ1) is 46.5. The molecule has 0 saturated heterocycles. The number of carbonyl (C=O) groups is 6. The fourth-order valence-corrected chi connectivity index (χ4v) is 12.8. The monoisotopic (exact) mass is 1320 g/mol. The molecule has 2 aliphatic heterocycles. The number of thiazole rings is 2. The zero-order chi connectivity index (χ0) is 67.2. The minimum Gasteiger partial charge on any atom is -0.457 e. The Morgan fingerprint density at radius 1 is 0.427 bits per heavy atom. The van der Waals surface area contributed by atoms with Gasteiger partial charge in [0.1, 0.15) is 83.0 Å². The minimum atomic E-state index is -3.18. The van der Waals surface area contributed by atoms with Gasteiger partial charge >= 0.3 is 35.1 Å². The number of aliphatic imine (C=N–C) groups is 2. The fourth-order valence-electron chi connectivity index (χ4n) is 11.0. The van der Waals surface area contributed by atoms with Gasteiger partial charge in [-0.3, -0.25) is 9.59 Å². The van der Waals surface area contributed by atoms with E-state index in [4.69, 9.17) is 28.4 Å². The predicted octanol–water partition coefficient (Wildman–Crippen LogP) is 12.2. The van der Waals surface area contributed by atoms with Gasteiger partial charge in [-0.15, -0.1) is 0 Å². The topological polar surface area (TPSA) is 303 Å². The van der Waals surface area contributed by atoms with Gasteiger partial charge in [-0.2, -0.15) is 31.0 Å². The number of nitrogens with zero attached hydrogens (tertiary/aromatic N) is 8. The van der Waals surface area contributed by atoms with Crippen molar-refractivity contribution in [3.05, 3.63) is 248 Å². The van der Waals surface area contributed by atoms with Crippen LogP contribution in [0.2, 0.25) is 0 Å². The van der Waals surface area contributed by atoms with Gasteiger partial charge in [-0.05, 0) is 58.7 Å². The normalized spacial score (nSPS) is 14.7. The molecule has 4 heterocycles. The first-order valence-corrected chi connectivity index (χ1v) is 29.9. The molecule has 4 aliphatic rings. The van der Waals surface area contributed by atoms with Crippen LogP contribution in [0.5, 0.6) is 11.8 Å². The maximum atomic E-state index is 15.7. The Hall–Kier alpha value is -12.9. The van der Waals surface area contributed by atoms with Crippen molar-refractivity contribution in [1.29, 1.82) is 21.0 Å². The average molecular weight is 1320 g/mol. The molecular weight excluding hydrogens is 1280 g/mol. The van der Waals surface area contributed by atoms with Crippen LogP contribution < -0.4 is 9.47 Å². The quantitative estimate of drug-likeness (QED) is 0.0321. The number of halogens is 4. The van der Waals surface area contributed by atoms with E-state index in [0.717, 1.165) is 12.1 Å². The Morgan fingerprint density at radius 3 is 0.990 bits per heavy atom. The molecule has 26 heteroatoms. The van der Waals surface area contributed by atoms with Crippen molar-refractivity contribution < 1.29 is 74.8 Å². The molecule has 0 fully saturated rings. The fraction of sp³-hybridized carbons (Fsp3) is 0.0857. The first-order valence-electron chi connectivity index (χ1n) is 28.3. The van der Waals surface area contributed by atoms with Crippen LogP contribution in [-0.2, 0) is 75.8 Å². The minimum absolute atomic E-state index is 0.190. The van der Waals surface area contributed by atoms with Crippen molar-refractivity contribution in [2.45, 2.75) is 37.6 Å². The number of aromatic nitrogens is 2. The Balaban J connectivity index is 1.09. The molecule has 2 aromatic heterocycles. The molecule has 0 bridgehead atoms. The van der Waals surface area contributed by atoms with Crippen molar-refractivity contribution in [1.82, 2.24) is 9.97 Å². The van der Waals surface area contributed by atoms with Crippen LogP contribution in [0.4, 0.5) is 27.8 Å². The molecule has 0 spiro atoms. The molecule has 96 heavy (non-hydrogen) atoms. The highest BCUT2D eigenvalue weighted by Crippen LogP contribution is 2.58. The summed E-state index contributed by atoms with van der Waals surface area (Å²) in [6, 6.07) is 44.1. The second-order valence-electron chi connectivity index (χ2n) is 21.2. The van der Waals surface area contributed by atoms with Gasteiger partial charge in [-0.1, -0.05) is 144 Å². The van der Waals surface area contributed by atoms with Gasteiger partial charge in [0.2, 0.25) is 33.6 Å². The number of carbonyl (C=O) groups excluding carboxylic acids is 6. The van der Waals surface area contributed by atoms with Crippen LogP contribution >= 0.6 is 22.7 Å². The number of rotatable bonds is 14. The molecule has 0 saturated carbocycles. The number of allylic oxidation sites excluding steroid dienone is 4. The number of nitriles is 4. The second-order valence-corrected chi connectivity index (χ2v) is 23.1. The van der Waals surface area contributed by atoms with Gasteiger partial charge in [0.15, 0.2) is 23.3 Å². The lowest BCUT2D eigenvalue weighted by molar-refractivity contribution is -0.185. The Kier molecular flexibility index (Phi) is 16.1. The van der Waals surface area contributed by atoms with E-state index in [1.807, 2.05) is 0 Å². The van der Waals surface area contributed by atoms with E-state index >= 15 is 19.2 Å². The summed E-state index contributed by atoms with van der Waals surface area (Å²) in [5.41, 5.74) is -11.8. The molecule has 7 aromatic carbocycles. The lowest BCUT2D eigenvalue weighted by Gasteiger charge is -2.38. The van der Waals surface area contributed by atoms with Gasteiger partial charge in [0, 0.05) is 55.7 Å². The highest BCUT2D eigenvalue weighted by atomic mass is 32.1. The highest BCUT2D eigenvalue weighted by Gasteiger charge is 2.63. The average Bonchev–Trinajstić information content (AvgIpc) is 1.12. The van der Waals surface area contributed by atoms with E-state index in [-0.39, 0.29) is 32.0 Å². The summed E-state index contributed by atoms with van der Waals surface area (Å²) >= 11 is 1.14. The SMILES string of the molecule is N#CC(C#N)=C1C(=Nc2nc3c(s2)-c2cc4c(cc2C(C(=O)OCc2ccccc2)(C(=O)OCc2ccccc2)O3)-c2sc(N=C3C(=O)c5cc(F)c(F)cc5C3=C(C#N)C#N)nc2OC4(C(=O)OCc2ccccc2)C(=O)OCc2ccccc2)C(=O)c2cc(F)c(F)cc21. The molecule has 2 aliphatic carbocycles. The maximum absolute atomic E-state index is 15.7. The summed E-state index contributed by atoms with van der Waals surface area (Å²) in [4.78, 5) is 109. The van der Waals surface area contributed by atoms with Gasteiger partial charge < -0.3 is 28.4 Å². The lowest BCUT2D eigenvalue weighted by atomic mass is 9.79. The molecule has 0 N–H and O–H groups in total. The number of Topliss-reactive ketones (excluding diaryl/α,β-unsaturated/α-hetero) is 2. The zero-order valence-electron chi connectivity index (χ0n) is 48.6. The number of hydrogen-bond donors (Lipinski definition) is 0. The van der Waals surface area contributed by atoms with E-state index in [1.54, 1.807) is 146 Å². The standard InChI is InChI=1S/C70H34F4N8O12S2/c71-49-23-41-43(25-51(49)73)57(83)55(53(41)39(27-75)28-76)79-67-81-61-59(95-67)45-22-48-46(21-47(45)69(93-61,63(85)89-31-35-13-5-1-6-14-35)64(86)90-32-36-15-7-2-8-16-36)60-62(82-68(96-60)80-56-54(40(29-77)30-78)42-24-50(72)52(74)26-44(42)58(56)84)94-70(48,65(87)91-33-37-17-9-3-10-18-37)66(88)92-34-38-19-11-4-12-20-38/h1-26H,31-34H2. The van der Waals surface area contributed by atoms with Gasteiger partial charge in [-0.25, -0.2) is 46.7 Å². The molecule has 13 rings (SSSR count). The van der Waals surface area contributed by atoms with Crippen molar-refractivity contribution >= 4 is 90.9 Å². The van der Waals surface area contributed by atoms with Crippen LogP contribution in [0.15, 0.2) is 179 Å². The third-order valence-corrected chi connectivity index (χ3v) is 17.4. The van der Waals surface area contributed by atoms with Gasteiger partial charge in [0.25, 0.3) is 0 Å². The highest BCUT2D eigenvalue weighted by molar-refractivity contribution is 7.19. The largest absolute Gasteiger partial charge is 0.457 e. The van der Waals surface area contributed by atoms with Crippen molar-refractivity contribution in [3.63, 3.8) is 0 Å². The van der Waals surface area contributed by atoms with Gasteiger partial charge in [0.05, 0.1) is 0 Å². The third kappa shape index (κ3) is 10.7. The Labute approximate surface area is 546 Å². The van der Waals surface area contributed by atoms with E-state index in [0.29, 0.717) is 69.2 Å². The summed E-state index contributed by atoms with van der Waals surface area (Å²) < 4.78 is 97.0. The molecule has 0 amide bonds. The number of ether oxygens (including phenoxy) is 6. The maximum Gasteiger partial charge on any atom is 0.367 e. The summed E-state index contributed by atoms with van der Waals surface area (Å²) in [5.74, 6) is -15.1. The van der Waals surface area contributed by atoms with Crippen molar-refractivity contribution in [2.75, 3.05) is 0 Å². The van der Waals surface area contributed by atoms with Crippen LogP contribution in [-0.4, -0.2) is 56.8 Å². The van der Waals surface area contributed by atoms with Crippen LogP contribution in [0, 0.1) is 68.6 Å². The molecule has 0 unspecified atom stereocenters. The third-order valence-electron chi connectivity index (χ3n) is 15.5. The summed E-state index contributed by atoms with van der Waals surface area (Å²) in [5, 5.41) is 39.6. The predicted molar refractivity (Wildman–Crippen MR) is 330 cm³/mol. The summed E-state index contributed by atoms with van der Waals surface area (Å²) in [6.07, 6.45) is 0. The number of fused-ring (bicyclic) bond motifs is 8. The van der Waals surface area contributed by atoms with Crippen LogP contribution in [0.1, 0.15) is 65.2 Å². The summed E-state index contributed by atoms with van der Waals surface area (Å²) in [7, 11) is 0. The number of ketones is 2. The van der Waals surface area contributed by atoms with Crippen molar-refractivity contribution in [2.24, 2.45) is 9.98 Å². The molecule has 20 nitrogen and oxygen atoms in total. The number of esters is 4. The second kappa shape index (κ2) is 25.0. The molecule has 0 radical (unpaired) electrons. The molecule has 9 aromatic rings. The Bertz CT molecular complexity index is 4740. The first kappa shape index (κ1) is 62.0. The Morgan fingerprint density at radius 2 is 0.708 bits per heavy atom. The molecule has 0 atom stereocenters. The number of hydrogen-bond acceptors (Lipinski definition) is 22. The van der Waals surface area contributed by atoms with Crippen LogP contribution in [0.25, 0.3) is 32.0 Å². The summed E-state index contributed by atoms with van der Waals surface area (Å²) in [6.45, 7) is -2.07.